The number of urea groups is 1. The molecule has 9 nitrogen and oxygen atoms in total. The summed E-state index contributed by atoms with van der Waals surface area (Å²) in [6.07, 6.45) is 3.80. The molecule has 0 spiro atoms. The fraction of sp³-hybridized carbons (Fsp3) is 0.231. The lowest BCUT2D eigenvalue weighted by molar-refractivity contribution is 0.102. The van der Waals surface area contributed by atoms with Crippen LogP contribution in [0.25, 0.3) is 0 Å². The Balaban J connectivity index is 1.75. The van der Waals surface area contributed by atoms with Gasteiger partial charge in [0.15, 0.2) is 11.5 Å². The second kappa shape index (κ2) is 10.3. The average molecular weight is 474 g/mol. The van der Waals surface area contributed by atoms with Crippen molar-refractivity contribution < 1.29 is 19.1 Å². The van der Waals surface area contributed by atoms with E-state index in [4.69, 9.17) is 14.6 Å². The molecular formula is C26H27N5O4. The molecule has 1 atom stereocenters. The number of hydrogen-bond donors (Lipinski definition) is 2. The summed E-state index contributed by atoms with van der Waals surface area (Å²) in [6.45, 7) is 1.94. The number of ether oxygens (including phenoxy) is 2. The van der Waals surface area contributed by atoms with Gasteiger partial charge in [-0.3, -0.25) is 9.78 Å². The average Bonchev–Trinajstić information content (AvgIpc) is 3.03. The molecule has 2 heterocycles. The molecule has 35 heavy (non-hydrogen) atoms. The molecule has 0 aliphatic carbocycles. The zero-order valence-corrected chi connectivity index (χ0v) is 20.0. The standard InChI is InChI=1S/C26H27N5O4/c1-16-12-19-13-22(34-3)23(35-4)14-21(19)24(30-31(16)26(33)27-2)17-7-9-18(10-8-17)25(32)29-20-6-5-11-28-15-20/h5-11,13-16H,12H2,1-4H3,(H,27,33)(H,29,32)/t16-/m1/s1. The molecule has 0 saturated heterocycles. The molecule has 3 aromatic rings. The lowest BCUT2D eigenvalue weighted by Gasteiger charge is -2.22. The van der Waals surface area contributed by atoms with Gasteiger partial charge < -0.3 is 20.1 Å². The molecule has 1 aliphatic heterocycles. The highest BCUT2D eigenvalue weighted by molar-refractivity contribution is 6.15. The number of hydrogen-bond acceptors (Lipinski definition) is 6. The predicted molar refractivity (Wildman–Crippen MR) is 133 cm³/mol. The molecule has 3 amide bonds. The minimum atomic E-state index is -0.311. The van der Waals surface area contributed by atoms with Crippen molar-refractivity contribution in [2.75, 3.05) is 26.6 Å². The number of nitrogens with one attached hydrogen (secondary N) is 2. The third kappa shape index (κ3) is 4.93. The molecule has 0 bridgehead atoms. The van der Waals surface area contributed by atoms with Crippen molar-refractivity contribution in [1.82, 2.24) is 15.3 Å². The van der Waals surface area contributed by atoms with Crippen LogP contribution < -0.4 is 20.1 Å². The normalized spacial score (nSPS) is 14.8. The van der Waals surface area contributed by atoms with E-state index in [2.05, 4.69) is 15.6 Å². The largest absolute Gasteiger partial charge is 0.493 e. The molecule has 0 fully saturated rings. The fourth-order valence-electron chi connectivity index (χ4n) is 3.97. The van der Waals surface area contributed by atoms with E-state index in [9.17, 15) is 9.59 Å². The first kappa shape index (κ1) is 23.7. The van der Waals surface area contributed by atoms with Crippen molar-refractivity contribution in [3.63, 3.8) is 0 Å². The maximum atomic E-state index is 12.7. The van der Waals surface area contributed by atoms with Crippen molar-refractivity contribution in [3.05, 3.63) is 83.2 Å². The SMILES string of the molecule is CNC(=O)N1N=C(c2ccc(C(=O)Nc3cccnc3)cc2)c2cc(OC)c(OC)cc2C[C@H]1C. The summed E-state index contributed by atoms with van der Waals surface area (Å²) < 4.78 is 11.0. The molecule has 0 saturated carbocycles. The van der Waals surface area contributed by atoms with Gasteiger partial charge in [-0.25, -0.2) is 9.80 Å². The predicted octanol–water partition coefficient (Wildman–Crippen LogP) is 3.69. The number of rotatable bonds is 5. The van der Waals surface area contributed by atoms with E-state index in [0.29, 0.717) is 34.9 Å². The van der Waals surface area contributed by atoms with E-state index in [0.717, 1.165) is 16.7 Å². The van der Waals surface area contributed by atoms with Crippen LogP contribution in [-0.2, 0) is 6.42 Å². The molecule has 1 aromatic heterocycles. The zero-order chi connectivity index (χ0) is 24.9. The highest BCUT2D eigenvalue weighted by Gasteiger charge is 2.28. The maximum absolute atomic E-state index is 12.7. The quantitative estimate of drug-likeness (QED) is 0.588. The minimum Gasteiger partial charge on any atom is -0.493 e. The van der Waals surface area contributed by atoms with Crippen LogP contribution in [0.5, 0.6) is 11.5 Å². The number of carbonyl (C=O) groups excluding carboxylic acids is 2. The summed E-state index contributed by atoms with van der Waals surface area (Å²) in [6, 6.07) is 13.9. The monoisotopic (exact) mass is 473 g/mol. The summed E-state index contributed by atoms with van der Waals surface area (Å²) >= 11 is 0. The Labute approximate surface area is 203 Å². The van der Waals surface area contributed by atoms with Crippen molar-refractivity contribution >= 4 is 23.3 Å². The number of benzene rings is 2. The number of carbonyl (C=O) groups is 2. The lowest BCUT2D eigenvalue weighted by Crippen LogP contribution is -2.41. The summed E-state index contributed by atoms with van der Waals surface area (Å²) in [5.41, 5.74) is 4.23. The van der Waals surface area contributed by atoms with Gasteiger partial charge in [0.2, 0.25) is 0 Å². The lowest BCUT2D eigenvalue weighted by atomic mass is 9.93. The van der Waals surface area contributed by atoms with E-state index in [1.54, 1.807) is 57.9 Å². The van der Waals surface area contributed by atoms with Gasteiger partial charge >= 0.3 is 6.03 Å². The van der Waals surface area contributed by atoms with Crippen LogP contribution in [-0.4, -0.2) is 55.0 Å². The van der Waals surface area contributed by atoms with Crippen molar-refractivity contribution in [2.45, 2.75) is 19.4 Å². The Morgan fingerprint density at radius 3 is 2.40 bits per heavy atom. The number of hydrazone groups is 1. The summed E-state index contributed by atoms with van der Waals surface area (Å²) in [7, 11) is 4.74. The first-order chi connectivity index (χ1) is 16.9. The van der Waals surface area contributed by atoms with Gasteiger partial charge in [-0.15, -0.1) is 0 Å². The van der Waals surface area contributed by atoms with Gasteiger partial charge in [0.05, 0.1) is 37.9 Å². The summed E-state index contributed by atoms with van der Waals surface area (Å²) in [5.74, 6) is 0.917. The highest BCUT2D eigenvalue weighted by Crippen LogP contribution is 2.34. The van der Waals surface area contributed by atoms with Gasteiger partial charge in [-0.2, -0.15) is 5.10 Å². The third-order valence-electron chi connectivity index (χ3n) is 5.77. The number of aromatic nitrogens is 1. The van der Waals surface area contributed by atoms with E-state index < -0.39 is 0 Å². The van der Waals surface area contributed by atoms with E-state index in [1.807, 2.05) is 31.2 Å². The first-order valence-corrected chi connectivity index (χ1v) is 11.1. The fourth-order valence-corrected chi connectivity index (χ4v) is 3.97. The Morgan fingerprint density at radius 1 is 1.06 bits per heavy atom. The Bertz CT molecular complexity index is 1260. The first-order valence-electron chi connectivity index (χ1n) is 11.1. The number of amides is 3. The van der Waals surface area contributed by atoms with E-state index >= 15 is 0 Å². The topological polar surface area (TPSA) is 105 Å². The van der Waals surface area contributed by atoms with Crippen LogP contribution in [0.2, 0.25) is 0 Å². The second-order valence-electron chi connectivity index (χ2n) is 8.04. The minimum absolute atomic E-state index is 0.200. The van der Waals surface area contributed by atoms with Crippen molar-refractivity contribution in [3.8, 4) is 11.5 Å². The van der Waals surface area contributed by atoms with Crippen LogP contribution in [0.3, 0.4) is 0 Å². The van der Waals surface area contributed by atoms with Crippen LogP contribution in [0.4, 0.5) is 10.5 Å². The molecule has 2 aromatic carbocycles. The van der Waals surface area contributed by atoms with Crippen molar-refractivity contribution in [2.24, 2.45) is 5.10 Å². The van der Waals surface area contributed by atoms with Gasteiger partial charge in [-0.05, 0) is 55.3 Å². The highest BCUT2D eigenvalue weighted by atomic mass is 16.5. The zero-order valence-electron chi connectivity index (χ0n) is 20.0. The van der Waals surface area contributed by atoms with Gasteiger partial charge in [0.1, 0.15) is 0 Å². The molecule has 1 aliphatic rings. The molecule has 9 heteroatoms. The summed E-state index contributed by atoms with van der Waals surface area (Å²) in [4.78, 5) is 29.3. The number of nitrogens with zero attached hydrogens (tertiary/aromatic N) is 3. The molecule has 180 valence electrons. The second-order valence-corrected chi connectivity index (χ2v) is 8.04. The maximum Gasteiger partial charge on any atom is 0.337 e. The van der Waals surface area contributed by atoms with E-state index in [-0.39, 0.29) is 18.0 Å². The molecule has 4 rings (SSSR count). The molecule has 0 radical (unpaired) electrons. The molecule has 0 unspecified atom stereocenters. The third-order valence-corrected chi connectivity index (χ3v) is 5.77. The molecule has 2 N–H and O–H groups in total. The number of pyridine rings is 1. The number of anilines is 1. The van der Waals surface area contributed by atoms with Gasteiger partial charge in [-0.1, -0.05) is 12.1 Å². The van der Waals surface area contributed by atoms with Crippen LogP contribution >= 0.6 is 0 Å². The number of methoxy groups -OCH3 is 2. The van der Waals surface area contributed by atoms with Crippen LogP contribution in [0.1, 0.15) is 34.0 Å². The Kier molecular flexibility index (Phi) is 6.96. The van der Waals surface area contributed by atoms with Gasteiger partial charge in [0.25, 0.3) is 5.91 Å². The van der Waals surface area contributed by atoms with Crippen molar-refractivity contribution in [1.29, 1.82) is 0 Å². The summed E-state index contributed by atoms with van der Waals surface area (Å²) in [5, 5.41) is 11.7. The van der Waals surface area contributed by atoms with E-state index in [1.165, 1.54) is 5.01 Å². The van der Waals surface area contributed by atoms with Crippen LogP contribution in [0, 0.1) is 0 Å². The van der Waals surface area contributed by atoms with Gasteiger partial charge in [0, 0.05) is 29.9 Å². The number of fused-ring (bicyclic) bond motifs is 1. The Hall–Kier alpha value is -4.40. The Morgan fingerprint density at radius 2 is 1.77 bits per heavy atom. The van der Waals surface area contributed by atoms with Crippen LogP contribution in [0.15, 0.2) is 66.0 Å². The molecular weight excluding hydrogens is 446 g/mol. The smallest absolute Gasteiger partial charge is 0.337 e.